The highest BCUT2D eigenvalue weighted by molar-refractivity contribution is 6.91. The minimum atomic E-state index is -2.63. The fourth-order valence-corrected chi connectivity index (χ4v) is 13.6. The Balaban J connectivity index is 1.22. The molecule has 0 bridgehead atoms. The maximum absolute atomic E-state index is 15.6. The summed E-state index contributed by atoms with van der Waals surface area (Å²) in [6, 6.07) is 30.8. The molecular formula is C45H50N4O9Si. The first-order valence-electron chi connectivity index (χ1n) is 20.1. The molecule has 8 rings (SSSR count). The molecule has 1 N–H and O–H groups in total. The monoisotopic (exact) mass is 818 g/mol. The van der Waals surface area contributed by atoms with Crippen molar-refractivity contribution in [1.82, 2.24) is 4.90 Å². The molecule has 0 unspecified atom stereocenters. The summed E-state index contributed by atoms with van der Waals surface area (Å²) >= 11 is 0. The fourth-order valence-electron chi connectivity index (χ4n) is 9.61. The molecule has 308 valence electrons. The van der Waals surface area contributed by atoms with Crippen LogP contribution in [0, 0.1) is 5.92 Å². The number of hydrogen-bond donors (Lipinski definition) is 1. The first kappa shape index (κ1) is 40.1. The highest BCUT2D eigenvalue weighted by Gasteiger charge is 2.66. The first-order valence-corrected chi connectivity index (χ1v) is 23.2. The number of carbonyl (C=O) groups is 4. The van der Waals surface area contributed by atoms with E-state index in [0.29, 0.717) is 48.9 Å². The molecule has 0 radical (unpaired) electrons. The fraction of sp³-hybridized carbons (Fsp3) is 0.378. The van der Waals surface area contributed by atoms with E-state index in [1.54, 1.807) is 26.7 Å². The van der Waals surface area contributed by atoms with Gasteiger partial charge >= 0.3 is 12.2 Å². The van der Waals surface area contributed by atoms with Crippen LogP contribution in [0.5, 0.6) is 5.75 Å². The van der Waals surface area contributed by atoms with Crippen molar-refractivity contribution in [2.75, 3.05) is 61.3 Å². The van der Waals surface area contributed by atoms with Crippen molar-refractivity contribution in [2.24, 2.45) is 5.92 Å². The molecule has 4 aromatic rings. The van der Waals surface area contributed by atoms with Crippen LogP contribution in [0.3, 0.4) is 0 Å². The number of nitrogens with zero attached hydrogens (tertiary/aromatic N) is 4. The van der Waals surface area contributed by atoms with E-state index in [1.165, 1.54) is 0 Å². The zero-order valence-corrected chi connectivity index (χ0v) is 34.8. The van der Waals surface area contributed by atoms with Crippen molar-refractivity contribution in [1.29, 1.82) is 0 Å². The highest BCUT2D eigenvalue weighted by Crippen LogP contribution is 2.60. The van der Waals surface area contributed by atoms with Crippen molar-refractivity contribution in [3.05, 3.63) is 114 Å². The van der Waals surface area contributed by atoms with Crippen LogP contribution in [-0.2, 0) is 42.5 Å². The lowest BCUT2D eigenvalue weighted by atomic mass is 9.82. The Morgan fingerprint density at radius 2 is 1.53 bits per heavy atom. The van der Waals surface area contributed by atoms with Crippen molar-refractivity contribution in [3.63, 3.8) is 0 Å². The summed E-state index contributed by atoms with van der Waals surface area (Å²) in [5.74, 6) is -0.141. The number of rotatable bonds is 13. The van der Waals surface area contributed by atoms with E-state index in [1.807, 2.05) is 84.9 Å². The number of anilines is 3. The average molecular weight is 819 g/mol. The normalized spacial score (nSPS) is 22.6. The second-order valence-corrected chi connectivity index (χ2v) is 20.9. The predicted octanol–water partition coefficient (Wildman–Crippen LogP) is 5.78. The Labute approximate surface area is 345 Å². The zero-order chi connectivity index (χ0) is 41.5. The molecule has 13 nitrogen and oxygen atoms in total. The molecular weight excluding hydrogens is 769 g/mol. The number of methoxy groups -OCH3 is 1. The van der Waals surface area contributed by atoms with Gasteiger partial charge in [-0.15, -0.1) is 0 Å². The van der Waals surface area contributed by atoms with Gasteiger partial charge in [0.05, 0.1) is 59.6 Å². The molecule has 0 aromatic heterocycles. The van der Waals surface area contributed by atoms with Gasteiger partial charge in [0.1, 0.15) is 19.0 Å². The summed E-state index contributed by atoms with van der Waals surface area (Å²) in [5.41, 5.74) is 2.51. The summed E-state index contributed by atoms with van der Waals surface area (Å²) < 4.78 is 23.3. The Bertz CT molecular complexity index is 2240. The third-order valence-corrected chi connectivity index (χ3v) is 16.9. The zero-order valence-electron chi connectivity index (χ0n) is 33.8. The average Bonchev–Trinajstić information content (AvgIpc) is 4.00. The molecule has 4 aliphatic heterocycles. The number of aliphatic hydroxyl groups excluding tert-OH is 1. The van der Waals surface area contributed by atoms with Gasteiger partial charge in [-0.3, -0.25) is 19.4 Å². The van der Waals surface area contributed by atoms with E-state index < -0.39 is 37.9 Å². The summed E-state index contributed by atoms with van der Waals surface area (Å²) in [6.07, 6.45) is -1.57. The lowest BCUT2D eigenvalue weighted by Crippen LogP contribution is -2.52. The third-order valence-electron chi connectivity index (χ3n) is 12.5. The van der Waals surface area contributed by atoms with Gasteiger partial charge in [-0.05, 0) is 59.1 Å². The Morgan fingerprint density at radius 1 is 0.864 bits per heavy atom. The summed E-state index contributed by atoms with van der Waals surface area (Å²) in [7, 11) is -0.998. The molecule has 3 fully saturated rings. The smallest absolute Gasteiger partial charge is 0.414 e. The molecule has 4 heterocycles. The van der Waals surface area contributed by atoms with E-state index in [-0.39, 0.29) is 50.1 Å². The molecule has 0 aliphatic carbocycles. The van der Waals surface area contributed by atoms with Crippen molar-refractivity contribution in [2.45, 2.75) is 56.8 Å². The number of aliphatic hydroxyl groups is 1. The molecule has 4 amide bonds. The second-order valence-electron chi connectivity index (χ2n) is 16.2. The summed E-state index contributed by atoms with van der Waals surface area (Å²) in [4.78, 5) is 62.0. The van der Waals surface area contributed by atoms with Crippen LogP contribution in [0.1, 0.15) is 30.0 Å². The van der Waals surface area contributed by atoms with Gasteiger partial charge in [0, 0.05) is 35.9 Å². The van der Waals surface area contributed by atoms with Crippen LogP contribution in [-0.4, -0.2) is 94.7 Å². The van der Waals surface area contributed by atoms with Gasteiger partial charge in [-0.2, -0.15) is 0 Å². The molecule has 59 heavy (non-hydrogen) atoms. The van der Waals surface area contributed by atoms with Gasteiger partial charge < -0.3 is 33.9 Å². The van der Waals surface area contributed by atoms with Gasteiger partial charge in [0.15, 0.2) is 5.60 Å². The standard InChI is InChI=1S/C45H50N4O9Si/c1-30-41(59(3,4)36-16-14-35(55-2)15-17-36)39(27-40(51)46(19-22-50)28-31-9-6-5-7-10-31)58-45(30)37-26-34(48-21-24-57-44(48)54)13-18-38(37)49(42(45)52)29-32-11-8-12-33(25-32)47-20-23-56-43(47)53/h5-18,25-26,30,39,41,50H,19-24,27-29H2,1-4H3/t30-,39+,41-,45+/m1/s1. The minimum absolute atomic E-state index is 0.00902. The van der Waals surface area contributed by atoms with Gasteiger partial charge in [-0.25, -0.2) is 9.59 Å². The topological polar surface area (TPSA) is 138 Å². The lowest BCUT2D eigenvalue weighted by Gasteiger charge is -2.37. The summed E-state index contributed by atoms with van der Waals surface area (Å²) in [6.45, 7) is 8.36. The maximum Gasteiger partial charge on any atom is 0.414 e. The lowest BCUT2D eigenvalue weighted by molar-refractivity contribution is -0.150. The number of carbonyl (C=O) groups excluding carboxylic acids is 4. The molecule has 4 atom stereocenters. The molecule has 14 heteroatoms. The first-order chi connectivity index (χ1) is 28.5. The van der Waals surface area contributed by atoms with Crippen LogP contribution in [0.25, 0.3) is 0 Å². The second kappa shape index (κ2) is 16.2. The maximum atomic E-state index is 15.6. The van der Waals surface area contributed by atoms with E-state index in [9.17, 15) is 19.5 Å². The van der Waals surface area contributed by atoms with Crippen molar-refractivity contribution >= 4 is 54.3 Å². The number of benzene rings is 4. The number of fused-ring (bicyclic) bond motifs is 2. The molecule has 4 aromatic carbocycles. The van der Waals surface area contributed by atoms with Gasteiger partial charge in [-0.1, -0.05) is 79.8 Å². The quantitative estimate of drug-likeness (QED) is 0.167. The molecule has 3 saturated heterocycles. The van der Waals surface area contributed by atoms with E-state index >= 15 is 4.79 Å². The van der Waals surface area contributed by atoms with Gasteiger partial charge in [0.2, 0.25) is 5.91 Å². The van der Waals surface area contributed by atoms with E-state index in [0.717, 1.165) is 22.1 Å². The molecule has 0 saturated carbocycles. The highest BCUT2D eigenvalue weighted by atomic mass is 28.3. The largest absolute Gasteiger partial charge is 0.497 e. The predicted molar refractivity (Wildman–Crippen MR) is 225 cm³/mol. The SMILES string of the molecule is COc1ccc([Si](C)(C)[C@H]2[C@H](CC(=O)N(CCO)Cc3ccccc3)O[C@@]3(C(=O)N(Cc4cccc(N5CCOC5=O)c4)c4ccc(N5CCOC5=O)cc43)[C@@H]2C)cc1. The summed E-state index contributed by atoms with van der Waals surface area (Å²) in [5, 5.41) is 11.2. The number of cyclic esters (lactones) is 2. The van der Waals surface area contributed by atoms with E-state index in [4.69, 9.17) is 18.9 Å². The Morgan fingerprint density at radius 3 is 2.15 bits per heavy atom. The van der Waals surface area contributed by atoms with Crippen LogP contribution >= 0.6 is 0 Å². The Hall–Kier alpha value is -5.70. The number of amides is 4. The minimum Gasteiger partial charge on any atom is -0.497 e. The number of ether oxygens (including phenoxy) is 4. The van der Waals surface area contributed by atoms with Crippen molar-refractivity contribution < 1.29 is 43.2 Å². The van der Waals surface area contributed by atoms with Crippen LogP contribution in [0.15, 0.2) is 97.1 Å². The van der Waals surface area contributed by atoms with Crippen LogP contribution < -0.4 is 24.6 Å². The third kappa shape index (κ3) is 7.23. The van der Waals surface area contributed by atoms with Crippen molar-refractivity contribution in [3.8, 4) is 5.75 Å². The molecule has 1 spiro atoms. The van der Waals surface area contributed by atoms with Crippen LogP contribution in [0.4, 0.5) is 26.7 Å². The van der Waals surface area contributed by atoms with Gasteiger partial charge in [0.25, 0.3) is 5.91 Å². The molecule has 4 aliphatic rings. The Kier molecular flexibility index (Phi) is 11.0. The van der Waals surface area contributed by atoms with Crippen LogP contribution in [0.2, 0.25) is 18.6 Å². The van der Waals surface area contributed by atoms with E-state index in [2.05, 4.69) is 32.2 Å². The number of hydrogen-bond acceptors (Lipinski definition) is 9.